The number of aromatic amines is 1. The van der Waals surface area contributed by atoms with Gasteiger partial charge < -0.3 is 4.98 Å². The highest BCUT2D eigenvalue weighted by Crippen LogP contribution is 2.22. The molecule has 1 heterocycles. The first-order valence-electron chi connectivity index (χ1n) is 6.33. The third-order valence-corrected chi connectivity index (χ3v) is 4.82. The average molecular weight is 475 g/mol. The molecule has 0 aliphatic carbocycles. The summed E-state index contributed by atoms with van der Waals surface area (Å²) in [5.74, 6) is -0.579. The van der Waals surface area contributed by atoms with Gasteiger partial charge in [0.2, 0.25) is 0 Å². The van der Waals surface area contributed by atoms with Crippen molar-refractivity contribution in [3.63, 3.8) is 0 Å². The van der Waals surface area contributed by atoms with Gasteiger partial charge in [-0.3, -0.25) is 9.59 Å². The van der Waals surface area contributed by atoms with Gasteiger partial charge in [0.1, 0.15) is 0 Å². The molecule has 23 heavy (non-hydrogen) atoms. The summed E-state index contributed by atoms with van der Waals surface area (Å²) in [6, 6.07) is 9.97. The molecule has 0 amide bonds. The molecule has 0 bridgehead atoms. The van der Waals surface area contributed by atoms with Crippen LogP contribution in [0.25, 0.3) is 10.9 Å². The molecule has 0 unspecified atom stereocenters. The summed E-state index contributed by atoms with van der Waals surface area (Å²) in [7, 11) is 0. The van der Waals surface area contributed by atoms with Gasteiger partial charge in [-0.1, -0.05) is 43.5 Å². The van der Waals surface area contributed by atoms with E-state index in [1.807, 2.05) is 0 Å². The van der Waals surface area contributed by atoms with E-state index < -0.39 is 11.5 Å². The SMILES string of the molecule is O=C(c1cc(Br)ccc1Cl)n1c(=S)[nH]c2ccc(Br)cc2c1=O. The molecule has 4 nitrogen and oxygen atoms in total. The van der Waals surface area contributed by atoms with Crippen LogP contribution in [-0.2, 0) is 0 Å². The molecule has 0 saturated carbocycles. The van der Waals surface area contributed by atoms with Gasteiger partial charge in [-0.25, -0.2) is 4.57 Å². The third kappa shape index (κ3) is 3.06. The molecule has 0 spiro atoms. The van der Waals surface area contributed by atoms with Crippen LogP contribution in [0.1, 0.15) is 10.4 Å². The highest BCUT2D eigenvalue weighted by Gasteiger charge is 2.18. The molecular formula is C15H7Br2ClN2O2S. The van der Waals surface area contributed by atoms with E-state index in [1.165, 1.54) is 0 Å². The lowest BCUT2D eigenvalue weighted by Gasteiger charge is -2.09. The van der Waals surface area contributed by atoms with E-state index >= 15 is 0 Å². The Morgan fingerprint density at radius 3 is 2.52 bits per heavy atom. The molecule has 116 valence electrons. The fourth-order valence-corrected chi connectivity index (χ4v) is 3.35. The minimum absolute atomic E-state index is 0.0193. The molecule has 0 atom stereocenters. The molecule has 2 aromatic carbocycles. The first kappa shape index (κ1) is 16.6. The number of fused-ring (bicyclic) bond motifs is 1. The Hall–Kier alpha value is -1.28. The van der Waals surface area contributed by atoms with Crippen LogP contribution < -0.4 is 5.56 Å². The Morgan fingerprint density at radius 1 is 1.13 bits per heavy atom. The number of halogens is 3. The predicted octanol–water partition coefficient (Wildman–Crippen LogP) is 4.93. The number of hydrogen-bond donors (Lipinski definition) is 1. The highest BCUT2D eigenvalue weighted by atomic mass is 79.9. The van der Waals surface area contributed by atoms with Crippen molar-refractivity contribution >= 4 is 72.5 Å². The predicted molar refractivity (Wildman–Crippen MR) is 100.0 cm³/mol. The number of rotatable bonds is 1. The first-order chi connectivity index (χ1) is 10.9. The smallest absolute Gasteiger partial charge is 0.269 e. The van der Waals surface area contributed by atoms with Gasteiger partial charge in [-0.2, -0.15) is 0 Å². The van der Waals surface area contributed by atoms with Gasteiger partial charge in [0, 0.05) is 8.95 Å². The largest absolute Gasteiger partial charge is 0.331 e. The summed E-state index contributed by atoms with van der Waals surface area (Å²) >= 11 is 17.9. The molecule has 8 heteroatoms. The number of hydrogen-bond acceptors (Lipinski definition) is 3. The summed E-state index contributed by atoms with van der Waals surface area (Å²) in [6.07, 6.45) is 0. The van der Waals surface area contributed by atoms with Gasteiger partial charge in [0.15, 0.2) is 4.77 Å². The van der Waals surface area contributed by atoms with Gasteiger partial charge in [0.05, 0.1) is 21.5 Å². The normalized spacial score (nSPS) is 10.9. The summed E-state index contributed by atoms with van der Waals surface area (Å²) < 4.78 is 2.34. The zero-order chi connectivity index (χ0) is 16.7. The van der Waals surface area contributed by atoms with E-state index in [0.29, 0.717) is 15.4 Å². The lowest BCUT2D eigenvalue weighted by atomic mass is 10.2. The average Bonchev–Trinajstić information content (AvgIpc) is 2.50. The van der Waals surface area contributed by atoms with Crippen molar-refractivity contribution in [2.45, 2.75) is 0 Å². The Labute approximate surface area is 157 Å². The van der Waals surface area contributed by atoms with E-state index in [9.17, 15) is 9.59 Å². The Morgan fingerprint density at radius 2 is 1.78 bits per heavy atom. The minimum atomic E-state index is -0.579. The maximum Gasteiger partial charge on any atom is 0.269 e. The molecule has 1 aromatic heterocycles. The Kier molecular flexibility index (Phi) is 4.55. The maximum atomic E-state index is 12.7. The van der Waals surface area contributed by atoms with Crippen LogP contribution in [0, 0.1) is 4.77 Å². The van der Waals surface area contributed by atoms with Crippen LogP contribution in [-0.4, -0.2) is 15.5 Å². The number of aromatic nitrogens is 2. The maximum absolute atomic E-state index is 12.7. The fourth-order valence-electron chi connectivity index (χ4n) is 2.15. The van der Waals surface area contributed by atoms with Crippen molar-refractivity contribution < 1.29 is 4.79 Å². The third-order valence-electron chi connectivity index (χ3n) is 3.22. The second kappa shape index (κ2) is 6.32. The van der Waals surface area contributed by atoms with Crippen LogP contribution in [0.3, 0.4) is 0 Å². The summed E-state index contributed by atoms with van der Waals surface area (Å²) in [5, 5.41) is 0.598. The topological polar surface area (TPSA) is 54.9 Å². The van der Waals surface area contributed by atoms with E-state index in [1.54, 1.807) is 36.4 Å². The highest BCUT2D eigenvalue weighted by molar-refractivity contribution is 9.10. The molecule has 1 N–H and O–H groups in total. The second-order valence-electron chi connectivity index (χ2n) is 4.69. The lowest BCUT2D eigenvalue weighted by molar-refractivity contribution is 0.0953. The molecular weight excluding hydrogens is 468 g/mol. The second-order valence-corrected chi connectivity index (χ2v) is 7.32. The first-order valence-corrected chi connectivity index (χ1v) is 8.70. The molecule has 3 rings (SSSR count). The zero-order valence-corrected chi connectivity index (χ0v) is 16.0. The van der Waals surface area contributed by atoms with Crippen molar-refractivity contribution in [2.75, 3.05) is 0 Å². The van der Waals surface area contributed by atoms with E-state index in [2.05, 4.69) is 36.8 Å². The lowest BCUT2D eigenvalue weighted by Crippen LogP contribution is -2.29. The molecule has 0 aliphatic rings. The van der Waals surface area contributed by atoms with Crippen molar-refractivity contribution in [3.8, 4) is 0 Å². The van der Waals surface area contributed by atoms with Gasteiger partial charge >= 0.3 is 0 Å². The number of carbonyl (C=O) groups is 1. The van der Waals surface area contributed by atoms with Crippen molar-refractivity contribution in [3.05, 3.63) is 71.1 Å². The van der Waals surface area contributed by atoms with Crippen molar-refractivity contribution in [1.29, 1.82) is 0 Å². The molecule has 3 aromatic rings. The zero-order valence-electron chi connectivity index (χ0n) is 11.3. The van der Waals surface area contributed by atoms with E-state index in [0.717, 1.165) is 9.04 Å². The fraction of sp³-hybridized carbons (Fsp3) is 0. The summed E-state index contributed by atoms with van der Waals surface area (Å²) in [4.78, 5) is 28.3. The van der Waals surface area contributed by atoms with Gasteiger partial charge in [0.25, 0.3) is 11.5 Å². The molecule has 0 fully saturated rings. The summed E-state index contributed by atoms with van der Waals surface area (Å²) in [6.45, 7) is 0. The Balaban J connectivity index is 2.32. The van der Waals surface area contributed by atoms with Crippen LogP contribution in [0.2, 0.25) is 5.02 Å². The number of carbonyl (C=O) groups excluding carboxylic acids is 1. The van der Waals surface area contributed by atoms with E-state index in [-0.39, 0.29) is 15.4 Å². The van der Waals surface area contributed by atoms with E-state index in [4.69, 9.17) is 23.8 Å². The molecule has 0 aliphatic heterocycles. The van der Waals surface area contributed by atoms with Gasteiger partial charge in [-0.05, 0) is 48.6 Å². The number of nitrogens with zero attached hydrogens (tertiary/aromatic N) is 1. The molecule has 0 radical (unpaired) electrons. The van der Waals surface area contributed by atoms with Crippen molar-refractivity contribution in [2.24, 2.45) is 0 Å². The van der Waals surface area contributed by atoms with Crippen molar-refractivity contribution in [1.82, 2.24) is 9.55 Å². The Bertz CT molecular complexity index is 1080. The minimum Gasteiger partial charge on any atom is -0.331 e. The number of benzene rings is 2. The monoisotopic (exact) mass is 472 g/mol. The standard InChI is InChI=1S/C15H7Br2ClN2O2S/c16-7-1-3-11(18)9(5-7)13(21)20-14(22)10-6-8(17)2-4-12(10)19-15(20)23/h1-6H,(H,19,23). The van der Waals surface area contributed by atoms with Gasteiger partial charge in [-0.15, -0.1) is 0 Å². The summed E-state index contributed by atoms with van der Waals surface area (Å²) in [5.41, 5.74) is 0.260. The van der Waals surface area contributed by atoms with Crippen LogP contribution in [0.15, 0.2) is 50.1 Å². The number of H-pyrrole nitrogens is 1. The number of nitrogens with one attached hydrogen (secondary N) is 1. The quantitative estimate of drug-likeness (QED) is 0.509. The van der Waals surface area contributed by atoms with Crippen LogP contribution in [0.4, 0.5) is 0 Å². The molecule has 0 saturated heterocycles. The van der Waals surface area contributed by atoms with Crippen LogP contribution >= 0.6 is 55.7 Å². The van der Waals surface area contributed by atoms with Crippen LogP contribution in [0.5, 0.6) is 0 Å².